The molecule has 0 bridgehead atoms. The van der Waals surface area contributed by atoms with E-state index in [9.17, 15) is 34.2 Å². The van der Waals surface area contributed by atoms with E-state index in [1.54, 1.807) is 30.3 Å². The van der Waals surface area contributed by atoms with Crippen LogP contribution in [0.2, 0.25) is 0 Å². The van der Waals surface area contributed by atoms with Crippen molar-refractivity contribution in [2.75, 3.05) is 6.61 Å². The second-order valence-electron chi connectivity index (χ2n) is 7.60. The molecule has 0 aliphatic carbocycles. The van der Waals surface area contributed by atoms with Crippen LogP contribution >= 0.6 is 0 Å². The molecule has 3 amide bonds. The molecule has 1 aromatic carbocycles. The first kappa shape index (κ1) is 28.5. The van der Waals surface area contributed by atoms with Crippen molar-refractivity contribution < 1.29 is 44.4 Å². The van der Waals surface area contributed by atoms with Gasteiger partial charge < -0.3 is 42.1 Å². The van der Waals surface area contributed by atoms with Gasteiger partial charge in [-0.1, -0.05) is 30.3 Å². The summed E-state index contributed by atoms with van der Waals surface area (Å²) in [6, 6.07) is 3.03. The van der Waals surface area contributed by atoms with E-state index < -0.39 is 73.0 Å². The van der Waals surface area contributed by atoms with Gasteiger partial charge in [-0.05, 0) is 25.3 Å². The maximum absolute atomic E-state index is 12.7. The van der Waals surface area contributed by atoms with Gasteiger partial charge >= 0.3 is 11.9 Å². The van der Waals surface area contributed by atoms with Gasteiger partial charge in [-0.2, -0.15) is 0 Å². The van der Waals surface area contributed by atoms with Gasteiger partial charge in [0.25, 0.3) is 0 Å². The number of nitrogens with two attached hydrogens (primary N) is 1. The number of aliphatic hydroxyl groups excluding tert-OH is 2. The fourth-order valence-electron chi connectivity index (χ4n) is 2.89. The van der Waals surface area contributed by atoms with Crippen LogP contribution < -0.4 is 21.7 Å². The molecular weight excluding hydrogens is 452 g/mol. The fourth-order valence-corrected chi connectivity index (χ4v) is 2.89. The minimum absolute atomic E-state index is 0.150. The number of carbonyl (C=O) groups is 5. The van der Waals surface area contributed by atoms with Gasteiger partial charge in [0.2, 0.25) is 17.7 Å². The molecule has 0 fully saturated rings. The summed E-state index contributed by atoms with van der Waals surface area (Å²) >= 11 is 0. The summed E-state index contributed by atoms with van der Waals surface area (Å²) in [5.41, 5.74) is 6.66. The number of carboxylic acid groups (broad SMARTS) is 2. The molecule has 5 atom stereocenters. The van der Waals surface area contributed by atoms with Crippen molar-refractivity contribution in [3.63, 3.8) is 0 Å². The zero-order chi connectivity index (χ0) is 25.8. The number of hydrogen-bond donors (Lipinski definition) is 8. The molecule has 0 aliphatic rings. The van der Waals surface area contributed by atoms with Gasteiger partial charge in [0.1, 0.15) is 12.1 Å². The normalized spacial score (nSPS) is 15.2. The largest absolute Gasteiger partial charge is 0.481 e. The van der Waals surface area contributed by atoms with E-state index in [0.29, 0.717) is 0 Å². The van der Waals surface area contributed by atoms with Crippen molar-refractivity contribution in [1.29, 1.82) is 0 Å². The minimum Gasteiger partial charge on any atom is -0.481 e. The number of rotatable bonds is 14. The SMILES string of the molecule is CC(O)C(NC(=O)C(CO)NC(=O)C(CCC(=O)O)NC(=O)C(N)Cc1ccccc1)C(=O)O. The third-order valence-electron chi connectivity index (χ3n) is 4.78. The molecule has 0 saturated carbocycles. The molecule has 0 aliphatic heterocycles. The van der Waals surface area contributed by atoms with E-state index >= 15 is 0 Å². The van der Waals surface area contributed by atoms with E-state index in [4.69, 9.17) is 15.9 Å². The second-order valence-corrected chi connectivity index (χ2v) is 7.60. The fraction of sp³-hybridized carbons (Fsp3) is 0.476. The van der Waals surface area contributed by atoms with Crippen LogP contribution in [0.4, 0.5) is 0 Å². The van der Waals surface area contributed by atoms with Gasteiger partial charge in [0.15, 0.2) is 6.04 Å². The van der Waals surface area contributed by atoms with E-state index in [0.717, 1.165) is 12.5 Å². The molecule has 0 spiro atoms. The van der Waals surface area contributed by atoms with Gasteiger partial charge in [-0.25, -0.2) is 4.79 Å². The molecule has 0 aromatic heterocycles. The van der Waals surface area contributed by atoms with Crippen LogP contribution in [-0.4, -0.2) is 87.0 Å². The lowest BCUT2D eigenvalue weighted by atomic mass is 10.0. The number of aliphatic hydroxyl groups is 2. The average Bonchev–Trinajstić information content (AvgIpc) is 2.77. The Morgan fingerprint density at radius 2 is 1.47 bits per heavy atom. The smallest absolute Gasteiger partial charge is 0.328 e. The summed E-state index contributed by atoms with van der Waals surface area (Å²) in [4.78, 5) is 59.6. The molecule has 13 nitrogen and oxygen atoms in total. The minimum atomic E-state index is -1.70. The Morgan fingerprint density at radius 1 is 0.912 bits per heavy atom. The lowest BCUT2D eigenvalue weighted by Crippen LogP contribution is -2.59. The number of hydrogen-bond acceptors (Lipinski definition) is 8. The van der Waals surface area contributed by atoms with Crippen LogP contribution in [0, 0.1) is 0 Å². The van der Waals surface area contributed by atoms with Crippen molar-refractivity contribution in [3.05, 3.63) is 35.9 Å². The number of benzene rings is 1. The molecule has 188 valence electrons. The van der Waals surface area contributed by atoms with Crippen LogP contribution in [0.5, 0.6) is 0 Å². The van der Waals surface area contributed by atoms with Crippen LogP contribution in [0.15, 0.2) is 30.3 Å². The summed E-state index contributed by atoms with van der Waals surface area (Å²) in [5.74, 6) is -5.60. The third-order valence-corrected chi connectivity index (χ3v) is 4.78. The van der Waals surface area contributed by atoms with Crippen molar-refractivity contribution in [2.24, 2.45) is 5.73 Å². The molecule has 1 rings (SSSR count). The van der Waals surface area contributed by atoms with Gasteiger partial charge in [-0.15, -0.1) is 0 Å². The number of amides is 3. The van der Waals surface area contributed by atoms with Crippen molar-refractivity contribution >= 4 is 29.7 Å². The monoisotopic (exact) mass is 482 g/mol. The van der Waals surface area contributed by atoms with Crippen LogP contribution in [0.25, 0.3) is 0 Å². The van der Waals surface area contributed by atoms with E-state index in [-0.39, 0.29) is 12.8 Å². The molecule has 5 unspecified atom stereocenters. The maximum Gasteiger partial charge on any atom is 0.328 e. The molecule has 34 heavy (non-hydrogen) atoms. The first-order chi connectivity index (χ1) is 16.0. The zero-order valence-electron chi connectivity index (χ0n) is 18.5. The number of carbonyl (C=O) groups excluding carboxylic acids is 3. The average molecular weight is 482 g/mol. The molecule has 0 saturated heterocycles. The van der Waals surface area contributed by atoms with Crippen molar-refractivity contribution in [2.45, 2.75) is 56.5 Å². The molecule has 0 radical (unpaired) electrons. The summed E-state index contributed by atoms with van der Waals surface area (Å²) < 4.78 is 0. The van der Waals surface area contributed by atoms with Crippen molar-refractivity contribution in [3.8, 4) is 0 Å². The zero-order valence-corrected chi connectivity index (χ0v) is 18.5. The quantitative estimate of drug-likeness (QED) is 0.137. The molecule has 13 heteroatoms. The lowest BCUT2D eigenvalue weighted by Gasteiger charge is -2.24. The highest BCUT2D eigenvalue weighted by Crippen LogP contribution is 2.05. The summed E-state index contributed by atoms with van der Waals surface area (Å²) in [5, 5.41) is 43.4. The Labute approximate surface area is 195 Å². The Kier molecular flexibility index (Phi) is 11.6. The molecule has 9 N–H and O–H groups in total. The predicted molar refractivity (Wildman–Crippen MR) is 117 cm³/mol. The van der Waals surface area contributed by atoms with Gasteiger partial charge in [0.05, 0.1) is 18.8 Å². The first-order valence-electron chi connectivity index (χ1n) is 10.4. The Balaban J connectivity index is 2.88. The summed E-state index contributed by atoms with van der Waals surface area (Å²) in [6.45, 7) is 0.193. The summed E-state index contributed by atoms with van der Waals surface area (Å²) in [7, 11) is 0. The van der Waals surface area contributed by atoms with Crippen molar-refractivity contribution in [1.82, 2.24) is 16.0 Å². The Bertz CT molecular complexity index is 863. The Morgan fingerprint density at radius 3 is 1.97 bits per heavy atom. The summed E-state index contributed by atoms with van der Waals surface area (Å²) in [6.07, 6.45) is -2.15. The molecule has 0 heterocycles. The number of carboxylic acids is 2. The van der Waals surface area contributed by atoms with Crippen LogP contribution in [-0.2, 0) is 30.4 Å². The van der Waals surface area contributed by atoms with Gasteiger partial charge in [-0.3, -0.25) is 19.2 Å². The highest BCUT2D eigenvalue weighted by atomic mass is 16.4. The van der Waals surface area contributed by atoms with E-state index in [1.807, 2.05) is 5.32 Å². The Hall–Kier alpha value is -3.55. The molecular formula is C21H30N4O9. The lowest BCUT2D eigenvalue weighted by molar-refractivity contribution is -0.145. The number of aliphatic carboxylic acids is 2. The standard InChI is InChI=1S/C21H30N4O9/c1-11(27)17(21(33)34)25-20(32)15(10-26)24-19(31)14(7-8-16(28)29)23-18(30)13(22)9-12-5-3-2-4-6-12/h2-6,11,13-15,17,26-27H,7-10,22H2,1H3,(H,23,30)(H,24,31)(H,25,32)(H,28,29)(H,33,34). The van der Waals surface area contributed by atoms with Crippen LogP contribution in [0.1, 0.15) is 25.3 Å². The second kappa shape index (κ2) is 13.9. The van der Waals surface area contributed by atoms with Gasteiger partial charge in [0, 0.05) is 6.42 Å². The predicted octanol–water partition coefficient (Wildman–Crippen LogP) is -2.67. The highest BCUT2D eigenvalue weighted by Gasteiger charge is 2.31. The number of nitrogens with one attached hydrogen (secondary N) is 3. The highest BCUT2D eigenvalue weighted by molar-refractivity contribution is 5.94. The van der Waals surface area contributed by atoms with E-state index in [2.05, 4.69) is 10.6 Å². The maximum atomic E-state index is 12.7. The third kappa shape index (κ3) is 9.52. The first-order valence-corrected chi connectivity index (χ1v) is 10.4. The van der Waals surface area contributed by atoms with Crippen LogP contribution in [0.3, 0.4) is 0 Å². The molecule has 1 aromatic rings. The topological polar surface area (TPSA) is 228 Å². The van der Waals surface area contributed by atoms with E-state index in [1.165, 1.54) is 0 Å².